The molecule has 0 spiro atoms. The van der Waals surface area contributed by atoms with Gasteiger partial charge in [-0.2, -0.15) is 0 Å². The Bertz CT molecular complexity index is 1570. The van der Waals surface area contributed by atoms with Gasteiger partial charge < -0.3 is 0 Å². The summed E-state index contributed by atoms with van der Waals surface area (Å²) in [5.41, 5.74) is 13.0. The first-order valence-electron chi connectivity index (χ1n) is 14.0. The summed E-state index contributed by atoms with van der Waals surface area (Å²) in [5, 5.41) is 3.54. The molecule has 0 N–H and O–H groups in total. The summed E-state index contributed by atoms with van der Waals surface area (Å²) in [6.45, 7) is 10.3. The van der Waals surface area contributed by atoms with Crippen LogP contribution in [0.3, 0.4) is 0 Å². The molecule has 4 aliphatic carbocycles. The van der Waals surface area contributed by atoms with Crippen LogP contribution in [0.15, 0.2) is 153 Å². The van der Waals surface area contributed by atoms with Crippen molar-refractivity contribution in [1.82, 2.24) is 0 Å². The Morgan fingerprint density at radius 2 is 1.29 bits per heavy atom. The molecule has 0 amide bonds. The van der Waals surface area contributed by atoms with Gasteiger partial charge >= 0.3 is 242 Å². The molecular weight excluding hydrogens is 639 g/mol. The van der Waals surface area contributed by atoms with E-state index in [1.165, 1.54) is 11.1 Å². The molecule has 0 nitrogen and oxygen atoms in total. The molecule has 0 radical (unpaired) electrons. The average molecular weight is 673 g/mol. The number of hydrogen-bond donors (Lipinski definition) is 0. The van der Waals surface area contributed by atoms with Gasteiger partial charge in [-0.25, -0.2) is 0 Å². The maximum atomic E-state index is 2.65. The van der Waals surface area contributed by atoms with Crippen molar-refractivity contribution >= 4 is 8.80 Å². The Morgan fingerprint density at radius 3 is 1.92 bits per heavy atom. The van der Waals surface area contributed by atoms with Gasteiger partial charge in [0, 0.05) is 0 Å². The summed E-state index contributed by atoms with van der Waals surface area (Å²) in [7, 11) is -1.49. The van der Waals surface area contributed by atoms with E-state index in [0.717, 1.165) is 0 Å². The van der Waals surface area contributed by atoms with Crippen molar-refractivity contribution in [3.8, 4) is 0 Å². The van der Waals surface area contributed by atoms with E-state index >= 15 is 0 Å². The molecule has 2 aromatic rings. The Morgan fingerprint density at radius 1 is 0.711 bits per heavy atom. The summed E-state index contributed by atoms with van der Waals surface area (Å²) in [6.07, 6.45) is 19.2. The minimum absolute atomic E-state index is 0.247. The van der Waals surface area contributed by atoms with Gasteiger partial charge in [0.25, 0.3) is 0 Å². The van der Waals surface area contributed by atoms with E-state index in [2.05, 4.69) is 137 Å². The Balaban J connectivity index is 1.45. The van der Waals surface area contributed by atoms with Crippen molar-refractivity contribution in [2.45, 2.75) is 46.0 Å². The molecule has 1 aliphatic heterocycles. The third kappa shape index (κ3) is 3.49. The van der Waals surface area contributed by atoms with E-state index in [1.54, 1.807) is 43.8 Å². The first-order chi connectivity index (χ1) is 18.5. The molecule has 0 aromatic heterocycles. The molecule has 5 atom stereocenters. The second kappa shape index (κ2) is 9.28. The average Bonchev–Trinajstić information content (AvgIpc) is 3.14. The zero-order chi connectivity index (χ0) is 26.0. The number of hydrogen-bond acceptors (Lipinski definition) is 0. The van der Waals surface area contributed by atoms with E-state index in [1.807, 2.05) is 0 Å². The molecule has 38 heavy (non-hydrogen) atoms. The third-order valence-corrected chi connectivity index (χ3v) is 21.0. The molecule has 0 saturated carbocycles. The Labute approximate surface area is 240 Å². The fourth-order valence-corrected chi connectivity index (χ4v) is 20.1. The summed E-state index contributed by atoms with van der Waals surface area (Å²) in [4.78, 5) is 0. The second-order valence-corrected chi connectivity index (χ2v) is 20.8. The van der Waals surface area contributed by atoms with Gasteiger partial charge in [-0.1, -0.05) is 0 Å². The molecule has 0 fully saturated rings. The van der Waals surface area contributed by atoms with Crippen LogP contribution in [0.4, 0.5) is 0 Å². The van der Waals surface area contributed by atoms with Gasteiger partial charge in [0.2, 0.25) is 0 Å². The van der Waals surface area contributed by atoms with Gasteiger partial charge in [0.15, 0.2) is 0 Å². The van der Waals surface area contributed by atoms with E-state index in [4.69, 9.17) is 0 Å². The Kier molecular flexibility index (Phi) is 5.98. The normalized spacial score (nSPS) is 31.2. The fraction of sp³-hybridized carbons (Fsp3) is 0.222. The zero-order valence-corrected chi connectivity index (χ0v) is 27.4. The van der Waals surface area contributed by atoms with Crippen LogP contribution in [0.1, 0.15) is 43.7 Å². The van der Waals surface area contributed by atoms with Gasteiger partial charge in [0.1, 0.15) is 0 Å². The van der Waals surface area contributed by atoms with Gasteiger partial charge in [-0.3, -0.25) is 0 Å². The van der Waals surface area contributed by atoms with Crippen molar-refractivity contribution in [2.24, 2.45) is 0 Å². The predicted molar refractivity (Wildman–Crippen MR) is 160 cm³/mol. The summed E-state index contributed by atoms with van der Waals surface area (Å²) >= 11 is -1.28. The first kappa shape index (κ1) is 24.5. The first-order valence-corrected chi connectivity index (χ1v) is 20.2. The monoisotopic (exact) mass is 674 g/mol. The second-order valence-electron chi connectivity index (χ2n) is 11.5. The van der Waals surface area contributed by atoms with Crippen molar-refractivity contribution in [1.29, 1.82) is 0 Å². The van der Waals surface area contributed by atoms with Crippen molar-refractivity contribution in [3.63, 3.8) is 0 Å². The predicted octanol–water partition coefficient (Wildman–Crippen LogP) is 9.06. The number of benzene rings is 2. The minimum atomic E-state index is -1.49. The van der Waals surface area contributed by atoms with Crippen molar-refractivity contribution in [2.75, 3.05) is 0 Å². The van der Waals surface area contributed by atoms with Crippen LogP contribution in [-0.4, -0.2) is 8.80 Å². The molecule has 1 heterocycles. The topological polar surface area (TPSA) is 0 Å². The van der Waals surface area contributed by atoms with Gasteiger partial charge in [0.05, 0.1) is 0 Å². The number of allylic oxidation sites excluding steroid dienone is 16. The summed E-state index contributed by atoms with van der Waals surface area (Å²) in [6, 6.07) is 22.5. The van der Waals surface area contributed by atoms with E-state index in [-0.39, 0.29) is 3.17 Å². The van der Waals surface area contributed by atoms with Crippen LogP contribution in [-0.2, 0) is 22.9 Å². The molecule has 186 valence electrons. The molecule has 7 rings (SSSR count). The standard InChI is InChI=1S/C36H34Si.Hf/c1-24-23-29-19-11-12-21-31(27-15-7-5-8-16-27)33(29)35(24)37(4)36-26(3)25(2)30-20-13-14-22-32(34(30)36)28-17-9-6-10-18-28;/h5-23,31-32,37H,1-4H3;. The van der Waals surface area contributed by atoms with E-state index in [9.17, 15) is 0 Å². The zero-order valence-electron chi connectivity index (χ0n) is 22.7. The number of rotatable bonds is 2. The number of fused-ring (bicyclic) bond motifs is 6. The summed E-state index contributed by atoms with van der Waals surface area (Å²) < 4.78 is 0.919. The van der Waals surface area contributed by atoms with Crippen LogP contribution >= 0.6 is 0 Å². The van der Waals surface area contributed by atoms with Crippen LogP contribution in [0.5, 0.6) is 0 Å². The molecule has 4 bridgehead atoms. The molecular formula is C36H34HfSi. The Hall–Kier alpha value is -2.55. The van der Waals surface area contributed by atoms with Crippen LogP contribution < -0.4 is 0 Å². The fourth-order valence-electron chi connectivity index (χ4n) is 7.79. The molecule has 5 aliphatic rings. The van der Waals surface area contributed by atoms with Gasteiger partial charge in [-0.05, 0) is 0 Å². The van der Waals surface area contributed by atoms with Crippen molar-refractivity contribution < 1.29 is 22.9 Å². The van der Waals surface area contributed by atoms with Crippen LogP contribution in [0.2, 0.25) is 13.4 Å². The van der Waals surface area contributed by atoms with Crippen LogP contribution in [0, 0.1) is 0 Å². The molecule has 5 unspecified atom stereocenters. The molecule has 2 heteroatoms. The molecule has 2 aromatic carbocycles. The van der Waals surface area contributed by atoms with Crippen molar-refractivity contribution in [3.05, 3.63) is 164 Å². The van der Waals surface area contributed by atoms with Crippen LogP contribution in [0.25, 0.3) is 0 Å². The maximum absolute atomic E-state index is 2.65. The third-order valence-electron chi connectivity index (χ3n) is 9.65. The van der Waals surface area contributed by atoms with E-state index < -0.39 is 31.7 Å². The van der Waals surface area contributed by atoms with Gasteiger partial charge in [-0.15, -0.1) is 0 Å². The quantitative estimate of drug-likeness (QED) is 0.279. The SMILES string of the molecule is CC1=C2C3=C(C=CC=CC3c3ccccc3)[CH]1[Hf][C]1(C)C(C)=C(C3=C1C=CC=CC3c1ccccc1)[SiH]2C. The molecule has 0 saturated heterocycles. The van der Waals surface area contributed by atoms with E-state index in [0.29, 0.717) is 15.5 Å². The summed E-state index contributed by atoms with van der Waals surface area (Å²) in [5.74, 6) is 0.698.